The van der Waals surface area contributed by atoms with Gasteiger partial charge in [-0.3, -0.25) is 9.59 Å². The summed E-state index contributed by atoms with van der Waals surface area (Å²) in [5.41, 5.74) is 6.17. The average molecular weight is 269 g/mol. The number of nitrogen functional groups attached to an aromatic ring is 1. The molecule has 0 spiro atoms. The summed E-state index contributed by atoms with van der Waals surface area (Å²) in [5, 5.41) is 11.1. The summed E-state index contributed by atoms with van der Waals surface area (Å²) in [4.78, 5) is 28.3. The van der Waals surface area contributed by atoms with Gasteiger partial charge in [0.25, 0.3) is 0 Å². The minimum Gasteiger partial charge on any atom is -0.481 e. The Hall–Kier alpha value is -1.63. The van der Waals surface area contributed by atoms with Gasteiger partial charge in [-0.2, -0.15) is 0 Å². The van der Waals surface area contributed by atoms with E-state index in [0.717, 1.165) is 0 Å². The quantitative estimate of drug-likeness (QED) is 0.827. The van der Waals surface area contributed by atoms with Crippen LogP contribution in [0.1, 0.15) is 12.6 Å². The van der Waals surface area contributed by atoms with Gasteiger partial charge < -0.3 is 15.7 Å². The average Bonchev–Trinajstić information content (AvgIpc) is 2.61. The van der Waals surface area contributed by atoms with Gasteiger partial charge >= 0.3 is 5.97 Å². The predicted octanol–water partition coefficient (Wildman–Crippen LogP) is 0.447. The van der Waals surface area contributed by atoms with Gasteiger partial charge in [-0.25, -0.2) is 4.98 Å². The van der Waals surface area contributed by atoms with Crippen LogP contribution >= 0.6 is 11.3 Å². The van der Waals surface area contributed by atoms with Crippen LogP contribution in [0.25, 0.3) is 0 Å². The maximum absolute atomic E-state index is 11.8. The minimum atomic E-state index is -0.806. The van der Waals surface area contributed by atoms with Crippen LogP contribution in [-0.2, 0) is 16.0 Å². The Labute approximate surface area is 108 Å². The molecule has 0 aromatic carbocycles. The fraction of sp³-hybridized carbons (Fsp3) is 0.545. The zero-order chi connectivity index (χ0) is 13.3. The van der Waals surface area contributed by atoms with Crippen molar-refractivity contribution in [2.24, 2.45) is 11.8 Å². The number of amides is 1. The number of aliphatic carboxylic acids is 1. The van der Waals surface area contributed by atoms with E-state index in [4.69, 9.17) is 10.8 Å². The van der Waals surface area contributed by atoms with E-state index in [1.165, 1.54) is 11.3 Å². The van der Waals surface area contributed by atoms with Crippen LogP contribution in [0.15, 0.2) is 5.38 Å². The van der Waals surface area contributed by atoms with Crippen molar-refractivity contribution in [1.82, 2.24) is 9.88 Å². The largest absolute Gasteiger partial charge is 0.481 e. The number of carbonyl (C=O) groups excluding carboxylic acids is 1. The van der Waals surface area contributed by atoms with Crippen LogP contribution in [0.2, 0.25) is 0 Å². The normalized spacial score (nSPS) is 17.3. The molecule has 2 rings (SSSR count). The smallest absolute Gasteiger partial charge is 0.306 e. The Kier molecular flexibility index (Phi) is 3.51. The molecule has 7 heteroatoms. The summed E-state index contributed by atoms with van der Waals surface area (Å²) < 4.78 is 0. The second-order valence-corrected chi connectivity index (χ2v) is 5.43. The molecule has 1 aromatic rings. The lowest BCUT2D eigenvalue weighted by molar-refractivity contribution is -0.150. The molecule has 0 bridgehead atoms. The summed E-state index contributed by atoms with van der Waals surface area (Å²) in [6, 6.07) is 0. The molecule has 0 saturated carbocycles. The standard InChI is InChI=1S/C11H15N3O3S/c1-6(10(16)17)7-3-14(4-7)9(15)2-8-5-18-11(12)13-8/h5-7H,2-4H2,1H3,(H2,12,13)(H,16,17). The molecule has 1 aliphatic heterocycles. The van der Waals surface area contributed by atoms with Crippen molar-refractivity contribution < 1.29 is 14.7 Å². The minimum absolute atomic E-state index is 0.0193. The van der Waals surface area contributed by atoms with Crippen LogP contribution in [0.4, 0.5) is 5.13 Å². The van der Waals surface area contributed by atoms with Crippen molar-refractivity contribution in [1.29, 1.82) is 0 Å². The molecule has 98 valence electrons. The molecule has 1 atom stereocenters. The summed E-state index contributed by atoms with van der Waals surface area (Å²) in [6.45, 7) is 2.72. The number of anilines is 1. The fourth-order valence-corrected chi connectivity index (χ4v) is 2.47. The number of aromatic nitrogens is 1. The number of hydrogen-bond acceptors (Lipinski definition) is 5. The maximum Gasteiger partial charge on any atom is 0.306 e. The third-order valence-corrected chi connectivity index (χ3v) is 3.98. The van der Waals surface area contributed by atoms with E-state index >= 15 is 0 Å². The van der Waals surface area contributed by atoms with Crippen molar-refractivity contribution in [3.63, 3.8) is 0 Å². The highest BCUT2D eigenvalue weighted by Crippen LogP contribution is 2.25. The van der Waals surface area contributed by atoms with Crippen LogP contribution in [0.3, 0.4) is 0 Å². The number of carboxylic acid groups (broad SMARTS) is 1. The molecule has 3 N–H and O–H groups in total. The highest BCUT2D eigenvalue weighted by Gasteiger charge is 2.37. The molecule has 1 fully saturated rings. The fourth-order valence-electron chi connectivity index (χ4n) is 1.90. The van der Waals surface area contributed by atoms with Gasteiger partial charge in [-0.05, 0) is 0 Å². The first kappa shape index (κ1) is 12.8. The van der Waals surface area contributed by atoms with Crippen LogP contribution in [0.5, 0.6) is 0 Å². The Morgan fingerprint density at radius 3 is 2.83 bits per heavy atom. The van der Waals surface area contributed by atoms with Crippen LogP contribution in [-0.4, -0.2) is 40.0 Å². The van der Waals surface area contributed by atoms with Crippen LogP contribution in [0, 0.1) is 11.8 Å². The molecule has 1 amide bonds. The molecule has 1 saturated heterocycles. The predicted molar refractivity (Wildman–Crippen MR) is 67.1 cm³/mol. The topological polar surface area (TPSA) is 96.5 Å². The van der Waals surface area contributed by atoms with Crippen molar-refractivity contribution in [3.8, 4) is 0 Å². The second-order valence-electron chi connectivity index (χ2n) is 4.54. The maximum atomic E-state index is 11.8. The first-order chi connectivity index (χ1) is 8.47. The number of thiazole rings is 1. The zero-order valence-electron chi connectivity index (χ0n) is 10.00. The van der Waals surface area contributed by atoms with Gasteiger partial charge in [0.1, 0.15) is 0 Å². The van der Waals surface area contributed by atoms with Gasteiger partial charge in [0.05, 0.1) is 18.0 Å². The third kappa shape index (κ3) is 2.61. The van der Waals surface area contributed by atoms with Crippen molar-refractivity contribution in [2.45, 2.75) is 13.3 Å². The number of carboxylic acids is 1. The lowest BCUT2D eigenvalue weighted by Crippen LogP contribution is -2.53. The summed E-state index contributed by atoms with van der Waals surface area (Å²) >= 11 is 1.31. The van der Waals surface area contributed by atoms with Crippen molar-refractivity contribution in [2.75, 3.05) is 18.8 Å². The second kappa shape index (κ2) is 4.93. The van der Waals surface area contributed by atoms with Gasteiger partial charge in [0, 0.05) is 24.4 Å². The van der Waals surface area contributed by atoms with E-state index in [0.29, 0.717) is 23.9 Å². The number of carbonyl (C=O) groups is 2. The summed E-state index contributed by atoms with van der Waals surface area (Å²) in [5.74, 6) is -1.16. The van der Waals surface area contributed by atoms with Gasteiger partial charge in [-0.15, -0.1) is 11.3 Å². The van der Waals surface area contributed by atoms with Gasteiger partial charge in [0.15, 0.2) is 5.13 Å². The lowest BCUT2D eigenvalue weighted by Gasteiger charge is -2.41. The number of rotatable bonds is 4. The van der Waals surface area contributed by atoms with Crippen LogP contribution < -0.4 is 5.73 Å². The van der Waals surface area contributed by atoms with E-state index in [-0.39, 0.29) is 18.2 Å². The molecule has 1 aromatic heterocycles. The first-order valence-corrected chi connectivity index (χ1v) is 6.55. The monoisotopic (exact) mass is 269 g/mol. The molecule has 2 heterocycles. The Balaban J connectivity index is 1.81. The summed E-state index contributed by atoms with van der Waals surface area (Å²) in [6.07, 6.45) is 0.238. The number of likely N-dealkylation sites (tertiary alicyclic amines) is 1. The molecular weight excluding hydrogens is 254 g/mol. The van der Waals surface area contributed by atoms with Crippen molar-refractivity contribution >= 4 is 28.3 Å². The molecule has 1 unspecified atom stereocenters. The van der Waals surface area contributed by atoms with E-state index in [9.17, 15) is 9.59 Å². The first-order valence-electron chi connectivity index (χ1n) is 5.68. The Morgan fingerprint density at radius 2 is 2.33 bits per heavy atom. The van der Waals surface area contributed by atoms with E-state index in [1.807, 2.05) is 0 Å². The highest BCUT2D eigenvalue weighted by molar-refractivity contribution is 7.13. The molecule has 0 radical (unpaired) electrons. The highest BCUT2D eigenvalue weighted by atomic mass is 32.1. The molecule has 6 nitrogen and oxygen atoms in total. The zero-order valence-corrected chi connectivity index (χ0v) is 10.8. The SMILES string of the molecule is CC(C(=O)O)C1CN(C(=O)Cc2csc(N)n2)C1. The Morgan fingerprint density at radius 1 is 1.67 bits per heavy atom. The third-order valence-electron chi connectivity index (χ3n) is 3.26. The van der Waals surface area contributed by atoms with Gasteiger partial charge in [0.2, 0.25) is 5.91 Å². The van der Waals surface area contributed by atoms with E-state index in [1.54, 1.807) is 17.2 Å². The summed E-state index contributed by atoms with van der Waals surface area (Å²) in [7, 11) is 0. The molecule has 18 heavy (non-hydrogen) atoms. The Bertz CT molecular complexity index is 468. The number of nitrogens with zero attached hydrogens (tertiary/aromatic N) is 2. The van der Waals surface area contributed by atoms with Gasteiger partial charge in [-0.1, -0.05) is 6.92 Å². The van der Waals surface area contributed by atoms with Crippen molar-refractivity contribution in [3.05, 3.63) is 11.1 Å². The molecular formula is C11H15N3O3S. The number of hydrogen-bond donors (Lipinski definition) is 2. The van der Waals surface area contributed by atoms with E-state index < -0.39 is 11.9 Å². The molecule has 1 aliphatic rings. The van der Waals surface area contributed by atoms with E-state index in [2.05, 4.69) is 4.98 Å². The molecule has 0 aliphatic carbocycles. The lowest BCUT2D eigenvalue weighted by atomic mass is 9.87. The number of nitrogens with two attached hydrogens (primary N) is 1.